The lowest BCUT2D eigenvalue weighted by Crippen LogP contribution is -2.44. The third-order valence-electron chi connectivity index (χ3n) is 8.77. The second-order valence-corrected chi connectivity index (χ2v) is 10.2. The molecule has 30 heavy (non-hydrogen) atoms. The first-order chi connectivity index (χ1) is 14.6. The second-order valence-electron chi connectivity index (χ2n) is 10.2. The van der Waals surface area contributed by atoms with Gasteiger partial charge in [0.15, 0.2) is 0 Å². The Morgan fingerprint density at radius 1 is 1.20 bits per heavy atom. The fraction of sp³-hybridized carbons (Fsp3) is 0.692. The Morgan fingerprint density at radius 2 is 2.07 bits per heavy atom. The van der Waals surface area contributed by atoms with Gasteiger partial charge in [0.1, 0.15) is 5.75 Å². The lowest BCUT2D eigenvalue weighted by Gasteiger charge is -2.49. The van der Waals surface area contributed by atoms with E-state index < -0.39 is 0 Å². The van der Waals surface area contributed by atoms with E-state index in [-0.39, 0.29) is 0 Å². The molecule has 0 radical (unpaired) electrons. The van der Waals surface area contributed by atoms with Crippen molar-refractivity contribution in [3.63, 3.8) is 0 Å². The first-order valence-corrected chi connectivity index (χ1v) is 12.2. The summed E-state index contributed by atoms with van der Waals surface area (Å²) in [6.07, 6.45) is 10.0. The van der Waals surface area contributed by atoms with Gasteiger partial charge in [0.2, 0.25) is 0 Å². The van der Waals surface area contributed by atoms with Crippen molar-refractivity contribution in [3.05, 3.63) is 41.0 Å². The molecule has 5 rings (SSSR count). The molecule has 2 saturated carbocycles. The topological polar surface area (TPSA) is 44.7 Å². The van der Waals surface area contributed by atoms with Crippen molar-refractivity contribution in [3.8, 4) is 5.75 Å². The molecule has 4 heteroatoms. The first-order valence-electron chi connectivity index (χ1n) is 12.2. The summed E-state index contributed by atoms with van der Waals surface area (Å²) in [5.41, 5.74) is 4.97. The van der Waals surface area contributed by atoms with Crippen LogP contribution in [0, 0.1) is 17.3 Å². The lowest BCUT2D eigenvalue weighted by molar-refractivity contribution is 0.0797. The molecular formula is C26H38N2O2. The first kappa shape index (κ1) is 20.5. The van der Waals surface area contributed by atoms with Crippen molar-refractivity contribution in [2.75, 3.05) is 45.9 Å². The Kier molecular flexibility index (Phi) is 5.92. The van der Waals surface area contributed by atoms with Gasteiger partial charge < -0.3 is 15.2 Å². The quantitative estimate of drug-likeness (QED) is 0.567. The molecule has 1 aliphatic heterocycles. The van der Waals surface area contributed by atoms with Crippen LogP contribution in [0.4, 0.5) is 0 Å². The van der Waals surface area contributed by atoms with Gasteiger partial charge in [-0.15, -0.1) is 0 Å². The number of hydrogen-bond donors (Lipinski definition) is 2. The molecule has 164 valence electrons. The van der Waals surface area contributed by atoms with Crippen LogP contribution in [-0.4, -0.2) is 55.9 Å². The number of phenols is 1. The Labute approximate surface area is 181 Å². The standard InChI is InChI=1S/C26H38N2O2/c1-26-10-8-23-22-6-4-21(29)18-19(22)2-5-24(23)25(26)7-3-20(26)9-16-30-17-15-28-13-11-27-12-14-28/h4,6,9,18,23-25,27,29H,2-3,5,7-8,10-17H2,1H3. The Bertz CT molecular complexity index is 785. The highest BCUT2D eigenvalue weighted by atomic mass is 16.5. The number of rotatable bonds is 5. The minimum Gasteiger partial charge on any atom is -0.508 e. The van der Waals surface area contributed by atoms with Crippen LogP contribution >= 0.6 is 0 Å². The average Bonchev–Trinajstić information content (AvgIpc) is 3.10. The summed E-state index contributed by atoms with van der Waals surface area (Å²) in [5, 5.41) is 13.3. The van der Waals surface area contributed by atoms with Crippen molar-refractivity contribution in [2.24, 2.45) is 17.3 Å². The number of fused-ring (bicyclic) bond motifs is 5. The smallest absolute Gasteiger partial charge is 0.115 e. The zero-order valence-electron chi connectivity index (χ0n) is 18.5. The average molecular weight is 411 g/mol. The summed E-state index contributed by atoms with van der Waals surface area (Å²) < 4.78 is 6.03. The molecule has 1 saturated heterocycles. The van der Waals surface area contributed by atoms with Crippen LogP contribution in [-0.2, 0) is 11.2 Å². The van der Waals surface area contributed by atoms with E-state index in [1.165, 1.54) is 43.2 Å². The molecule has 0 amide bonds. The van der Waals surface area contributed by atoms with E-state index in [2.05, 4.69) is 29.3 Å². The van der Waals surface area contributed by atoms with Crippen molar-refractivity contribution >= 4 is 0 Å². The molecule has 3 fully saturated rings. The molecule has 4 atom stereocenters. The molecule has 0 bridgehead atoms. The Morgan fingerprint density at radius 3 is 2.93 bits per heavy atom. The van der Waals surface area contributed by atoms with Gasteiger partial charge in [-0.2, -0.15) is 0 Å². The molecule has 4 nitrogen and oxygen atoms in total. The van der Waals surface area contributed by atoms with Crippen LogP contribution < -0.4 is 5.32 Å². The van der Waals surface area contributed by atoms with E-state index in [0.717, 1.165) is 64.2 Å². The van der Waals surface area contributed by atoms with E-state index >= 15 is 0 Å². The normalized spacial score (nSPS) is 35.1. The van der Waals surface area contributed by atoms with Gasteiger partial charge in [-0.3, -0.25) is 4.90 Å². The van der Waals surface area contributed by atoms with Crippen LogP contribution in [0.1, 0.15) is 56.1 Å². The van der Waals surface area contributed by atoms with Gasteiger partial charge in [-0.1, -0.05) is 24.6 Å². The number of piperazine rings is 1. The number of aryl methyl sites for hydroxylation is 1. The van der Waals surface area contributed by atoms with Crippen LogP contribution in [0.5, 0.6) is 5.75 Å². The van der Waals surface area contributed by atoms with Gasteiger partial charge in [0.05, 0.1) is 13.2 Å². The van der Waals surface area contributed by atoms with Crippen molar-refractivity contribution in [2.45, 2.75) is 51.4 Å². The number of nitrogens with one attached hydrogen (secondary N) is 1. The summed E-state index contributed by atoms with van der Waals surface area (Å²) in [4.78, 5) is 2.50. The summed E-state index contributed by atoms with van der Waals surface area (Å²) >= 11 is 0. The lowest BCUT2D eigenvalue weighted by atomic mass is 9.55. The summed E-state index contributed by atoms with van der Waals surface area (Å²) in [6.45, 7) is 9.74. The Hall–Kier alpha value is -1.36. The SMILES string of the molecule is CC12CCC3c4ccc(O)cc4CCC3C1CCC2=CCOCCN1CCNCC1. The van der Waals surface area contributed by atoms with E-state index in [0.29, 0.717) is 17.1 Å². The zero-order chi connectivity index (χ0) is 20.6. The maximum atomic E-state index is 9.88. The molecule has 1 aromatic rings. The predicted octanol–water partition coefficient (Wildman–Crippen LogP) is 4.10. The van der Waals surface area contributed by atoms with Gasteiger partial charge in [-0.25, -0.2) is 0 Å². The summed E-state index contributed by atoms with van der Waals surface area (Å²) in [6, 6.07) is 6.12. The number of hydrogen-bond acceptors (Lipinski definition) is 4. The minimum atomic E-state index is 0.373. The summed E-state index contributed by atoms with van der Waals surface area (Å²) in [7, 11) is 0. The number of nitrogens with zero attached hydrogens (tertiary/aromatic N) is 1. The maximum absolute atomic E-state index is 9.88. The van der Waals surface area contributed by atoms with Crippen LogP contribution in [0.25, 0.3) is 0 Å². The zero-order valence-corrected chi connectivity index (χ0v) is 18.5. The third-order valence-corrected chi connectivity index (χ3v) is 8.77. The van der Waals surface area contributed by atoms with Crippen molar-refractivity contribution in [1.82, 2.24) is 10.2 Å². The summed E-state index contributed by atoms with van der Waals surface area (Å²) in [5.74, 6) is 2.74. The van der Waals surface area contributed by atoms with Crippen LogP contribution in [0.3, 0.4) is 0 Å². The number of ether oxygens (including phenoxy) is 1. The van der Waals surface area contributed by atoms with Crippen LogP contribution in [0.2, 0.25) is 0 Å². The van der Waals surface area contributed by atoms with Gasteiger partial charge in [-0.05, 0) is 85.0 Å². The largest absolute Gasteiger partial charge is 0.508 e. The molecule has 0 aromatic heterocycles. The van der Waals surface area contributed by atoms with Crippen molar-refractivity contribution < 1.29 is 9.84 Å². The van der Waals surface area contributed by atoms with Gasteiger partial charge in [0.25, 0.3) is 0 Å². The van der Waals surface area contributed by atoms with Crippen molar-refractivity contribution in [1.29, 1.82) is 0 Å². The predicted molar refractivity (Wildman–Crippen MR) is 121 cm³/mol. The van der Waals surface area contributed by atoms with Gasteiger partial charge >= 0.3 is 0 Å². The van der Waals surface area contributed by atoms with E-state index in [1.54, 1.807) is 5.57 Å². The highest BCUT2D eigenvalue weighted by Gasteiger charge is 2.52. The highest BCUT2D eigenvalue weighted by Crippen LogP contribution is 2.62. The highest BCUT2D eigenvalue weighted by molar-refractivity contribution is 5.40. The number of aromatic hydroxyl groups is 1. The molecular weight excluding hydrogens is 372 g/mol. The molecule has 1 heterocycles. The fourth-order valence-corrected chi connectivity index (χ4v) is 7.12. The van der Waals surface area contributed by atoms with E-state index in [4.69, 9.17) is 4.74 Å². The third kappa shape index (κ3) is 3.83. The monoisotopic (exact) mass is 410 g/mol. The number of allylic oxidation sites excluding steroid dienone is 1. The molecule has 4 aliphatic rings. The molecule has 0 spiro atoms. The Balaban J connectivity index is 1.20. The number of phenolic OH excluding ortho intramolecular Hbond substituents is 1. The van der Waals surface area contributed by atoms with E-state index in [1.807, 2.05) is 12.1 Å². The minimum absolute atomic E-state index is 0.373. The molecule has 1 aromatic carbocycles. The molecule has 2 N–H and O–H groups in total. The second kappa shape index (κ2) is 8.64. The molecule has 4 unspecified atom stereocenters. The van der Waals surface area contributed by atoms with Crippen LogP contribution in [0.15, 0.2) is 29.8 Å². The van der Waals surface area contributed by atoms with Gasteiger partial charge in [0, 0.05) is 32.7 Å². The van der Waals surface area contributed by atoms with E-state index in [9.17, 15) is 5.11 Å². The number of benzene rings is 1. The maximum Gasteiger partial charge on any atom is 0.115 e. The fourth-order valence-electron chi connectivity index (χ4n) is 7.12. The molecule has 3 aliphatic carbocycles.